The van der Waals surface area contributed by atoms with Crippen LogP contribution in [-0.2, 0) is 21.4 Å². The van der Waals surface area contributed by atoms with E-state index in [-0.39, 0.29) is 17.2 Å². The van der Waals surface area contributed by atoms with Crippen LogP contribution in [0.5, 0.6) is 0 Å². The lowest BCUT2D eigenvalue weighted by atomic mass is 10.1. The summed E-state index contributed by atoms with van der Waals surface area (Å²) in [5.74, 6) is -0.706. The highest BCUT2D eigenvalue weighted by molar-refractivity contribution is 7.89. The third kappa shape index (κ3) is 5.95. The van der Waals surface area contributed by atoms with Gasteiger partial charge in [-0.1, -0.05) is 53.5 Å². The molecule has 0 aliphatic rings. The first-order chi connectivity index (χ1) is 15.2. The number of benzene rings is 3. The number of rotatable bonds is 8. The molecule has 0 atom stereocenters. The summed E-state index contributed by atoms with van der Waals surface area (Å²) in [7, 11) is -4.04. The molecule has 0 aromatic heterocycles. The lowest BCUT2D eigenvalue weighted by Crippen LogP contribution is -2.37. The molecule has 0 saturated carbocycles. The van der Waals surface area contributed by atoms with Crippen LogP contribution in [0.2, 0.25) is 10.0 Å². The number of carbonyl (C=O) groups excluding carboxylic acids is 2. The van der Waals surface area contributed by atoms with Crippen LogP contribution in [0.1, 0.15) is 22.8 Å². The van der Waals surface area contributed by atoms with E-state index in [1.807, 2.05) is 0 Å². The Morgan fingerprint density at radius 1 is 0.938 bits per heavy atom. The van der Waals surface area contributed by atoms with Crippen LogP contribution in [0.3, 0.4) is 0 Å². The Hall–Kier alpha value is -2.71. The van der Waals surface area contributed by atoms with Crippen molar-refractivity contribution in [1.29, 1.82) is 0 Å². The summed E-state index contributed by atoms with van der Waals surface area (Å²) in [4.78, 5) is 24.3. The third-order valence-electron chi connectivity index (χ3n) is 4.63. The van der Waals surface area contributed by atoms with Crippen LogP contribution in [-0.4, -0.2) is 31.0 Å². The molecule has 9 heteroatoms. The molecule has 0 fully saturated rings. The number of sulfonamides is 1. The molecule has 0 saturated heterocycles. The van der Waals surface area contributed by atoms with E-state index in [0.717, 1.165) is 4.31 Å². The minimum absolute atomic E-state index is 0.000306. The second-order valence-corrected chi connectivity index (χ2v) is 9.79. The van der Waals surface area contributed by atoms with E-state index in [4.69, 9.17) is 23.2 Å². The molecule has 166 valence electrons. The zero-order valence-corrected chi connectivity index (χ0v) is 19.4. The van der Waals surface area contributed by atoms with Gasteiger partial charge in [0.2, 0.25) is 15.9 Å². The van der Waals surface area contributed by atoms with E-state index < -0.39 is 22.5 Å². The van der Waals surface area contributed by atoms with Gasteiger partial charge in [-0.3, -0.25) is 9.59 Å². The van der Waals surface area contributed by atoms with Crippen LogP contribution in [0.4, 0.5) is 5.69 Å². The maximum atomic E-state index is 13.3. The number of hydrogen-bond donors (Lipinski definition) is 1. The monoisotopic (exact) mass is 490 g/mol. The lowest BCUT2D eigenvalue weighted by Gasteiger charge is -2.22. The van der Waals surface area contributed by atoms with Crippen LogP contribution in [0, 0.1) is 0 Å². The van der Waals surface area contributed by atoms with Crippen molar-refractivity contribution < 1.29 is 18.0 Å². The largest absolute Gasteiger partial charge is 0.325 e. The van der Waals surface area contributed by atoms with Gasteiger partial charge in [0.15, 0.2) is 5.78 Å². The smallest absolute Gasteiger partial charge is 0.243 e. The van der Waals surface area contributed by atoms with Gasteiger partial charge in [-0.05, 0) is 55.0 Å². The number of nitrogens with zero attached hydrogens (tertiary/aromatic N) is 1. The fourth-order valence-electron chi connectivity index (χ4n) is 2.97. The standard InChI is InChI=1S/C23H20Cl2N2O4S/c1-16(28)17-6-4-7-20(13-17)26-23(29)15-27(14-18-5-2-3-8-22(18)25)32(30,31)21-11-9-19(24)10-12-21/h2-13H,14-15H2,1H3,(H,26,29). The summed E-state index contributed by atoms with van der Waals surface area (Å²) in [5, 5.41) is 3.43. The summed E-state index contributed by atoms with van der Waals surface area (Å²) in [6.07, 6.45) is 0. The highest BCUT2D eigenvalue weighted by Gasteiger charge is 2.27. The number of nitrogens with one attached hydrogen (secondary N) is 1. The first-order valence-electron chi connectivity index (χ1n) is 9.57. The first-order valence-corrected chi connectivity index (χ1v) is 11.8. The molecule has 1 amide bonds. The number of ketones is 1. The molecule has 0 spiro atoms. The van der Waals surface area contributed by atoms with Gasteiger partial charge in [0.1, 0.15) is 0 Å². The van der Waals surface area contributed by atoms with Gasteiger partial charge < -0.3 is 5.32 Å². The van der Waals surface area contributed by atoms with Gasteiger partial charge in [-0.2, -0.15) is 4.31 Å². The molecule has 0 bridgehead atoms. The number of hydrogen-bond acceptors (Lipinski definition) is 4. The molecular formula is C23H20Cl2N2O4S. The molecule has 6 nitrogen and oxygen atoms in total. The zero-order chi connectivity index (χ0) is 23.3. The average molecular weight is 491 g/mol. The fourth-order valence-corrected chi connectivity index (χ4v) is 4.67. The van der Waals surface area contributed by atoms with Gasteiger partial charge in [0.05, 0.1) is 11.4 Å². The molecule has 3 aromatic rings. The van der Waals surface area contributed by atoms with Crippen molar-refractivity contribution in [2.24, 2.45) is 0 Å². The van der Waals surface area contributed by atoms with Crippen LogP contribution < -0.4 is 5.32 Å². The Morgan fingerprint density at radius 2 is 1.62 bits per heavy atom. The van der Waals surface area contributed by atoms with Crippen molar-refractivity contribution in [1.82, 2.24) is 4.31 Å². The van der Waals surface area contributed by atoms with Crippen molar-refractivity contribution in [3.8, 4) is 0 Å². The number of carbonyl (C=O) groups is 2. The normalized spacial score (nSPS) is 11.4. The highest BCUT2D eigenvalue weighted by Crippen LogP contribution is 2.24. The van der Waals surface area contributed by atoms with Crippen LogP contribution in [0.25, 0.3) is 0 Å². The van der Waals surface area contributed by atoms with Gasteiger partial charge >= 0.3 is 0 Å². The minimum atomic E-state index is -4.04. The maximum absolute atomic E-state index is 13.3. The molecular weight excluding hydrogens is 471 g/mol. The third-order valence-corrected chi connectivity index (χ3v) is 7.06. The van der Waals surface area contributed by atoms with Crippen molar-refractivity contribution in [3.63, 3.8) is 0 Å². The topological polar surface area (TPSA) is 83.6 Å². The quantitative estimate of drug-likeness (QED) is 0.449. The van der Waals surface area contributed by atoms with Crippen LogP contribution >= 0.6 is 23.2 Å². The Kier molecular flexibility index (Phi) is 7.69. The minimum Gasteiger partial charge on any atom is -0.325 e. The van der Waals surface area contributed by atoms with Crippen molar-refractivity contribution in [2.45, 2.75) is 18.4 Å². The Bertz CT molecular complexity index is 1240. The molecule has 0 unspecified atom stereocenters. The molecule has 3 aromatic carbocycles. The lowest BCUT2D eigenvalue weighted by molar-refractivity contribution is -0.116. The van der Waals surface area contributed by atoms with Gasteiger partial charge in [0.25, 0.3) is 0 Å². The molecule has 0 aliphatic carbocycles. The van der Waals surface area contributed by atoms with Crippen molar-refractivity contribution in [3.05, 3.63) is 94.0 Å². The van der Waals surface area contributed by atoms with Crippen molar-refractivity contribution in [2.75, 3.05) is 11.9 Å². The number of amides is 1. The molecule has 0 aliphatic heterocycles. The second kappa shape index (κ2) is 10.3. The van der Waals surface area contributed by atoms with E-state index in [9.17, 15) is 18.0 Å². The molecule has 0 heterocycles. The van der Waals surface area contributed by atoms with E-state index in [1.165, 1.54) is 37.3 Å². The predicted molar refractivity (Wildman–Crippen MR) is 126 cm³/mol. The molecule has 32 heavy (non-hydrogen) atoms. The van der Waals surface area contributed by atoms with Gasteiger partial charge in [-0.15, -0.1) is 0 Å². The number of halogens is 2. The second-order valence-electron chi connectivity index (χ2n) is 7.00. The SMILES string of the molecule is CC(=O)c1cccc(NC(=O)CN(Cc2ccccc2Cl)S(=O)(=O)c2ccc(Cl)cc2)c1. The average Bonchev–Trinajstić information content (AvgIpc) is 2.75. The van der Waals surface area contributed by atoms with Gasteiger partial charge in [-0.25, -0.2) is 8.42 Å². The Balaban J connectivity index is 1.89. The van der Waals surface area contributed by atoms with Gasteiger partial charge in [0, 0.05) is 27.8 Å². The number of anilines is 1. The molecule has 0 radical (unpaired) electrons. The van der Waals surface area contributed by atoms with E-state index in [2.05, 4.69) is 5.32 Å². The Labute approximate surface area is 196 Å². The van der Waals surface area contributed by atoms with E-state index >= 15 is 0 Å². The zero-order valence-electron chi connectivity index (χ0n) is 17.1. The van der Waals surface area contributed by atoms with E-state index in [0.29, 0.717) is 26.9 Å². The van der Waals surface area contributed by atoms with E-state index in [1.54, 1.807) is 42.5 Å². The summed E-state index contributed by atoms with van der Waals surface area (Å²) in [6, 6.07) is 18.9. The summed E-state index contributed by atoms with van der Waals surface area (Å²) in [5.41, 5.74) is 1.38. The summed E-state index contributed by atoms with van der Waals surface area (Å²) < 4.78 is 27.7. The summed E-state index contributed by atoms with van der Waals surface area (Å²) >= 11 is 12.1. The molecule has 1 N–H and O–H groups in total. The predicted octanol–water partition coefficient (Wildman–Crippen LogP) is 5.03. The Morgan fingerprint density at radius 3 is 2.28 bits per heavy atom. The summed E-state index contributed by atoms with van der Waals surface area (Å²) in [6.45, 7) is 0.858. The maximum Gasteiger partial charge on any atom is 0.243 e. The molecule has 3 rings (SSSR count). The highest BCUT2D eigenvalue weighted by atomic mass is 35.5. The van der Waals surface area contributed by atoms with Crippen molar-refractivity contribution >= 4 is 50.6 Å². The first kappa shape index (κ1) is 23.9. The number of Topliss-reactive ketones (excluding diaryl/α,β-unsaturated/α-hetero) is 1. The van der Waals surface area contributed by atoms with Crippen LogP contribution in [0.15, 0.2) is 77.7 Å². The fraction of sp³-hybridized carbons (Fsp3) is 0.130.